The molecule has 2 nitrogen and oxygen atoms in total. The molecule has 0 aromatic heterocycles. The van der Waals surface area contributed by atoms with Crippen molar-refractivity contribution >= 4 is 5.78 Å². The van der Waals surface area contributed by atoms with Crippen LogP contribution >= 0.6 is 0 Å². The van der Waals surface area contributed by atoms with Crippen molar-refractivity contribution < 1.29 is 4.79 Å². The summed E-state index contributed by atoms with van der Waals surface area (Å²) in [5.74, 6) is 1.32. The number of carbonyl (C=O) groups excluding carboxylic acids is 1. The Morgan fingerprint density at radius 3 is 2.79 bits per heavy atom. The summed E-state index contributed by atoms with van der Waals surface area (Å²) >= 11 is 0. The van der Waals surface area contributed by atoms with Crippen molar-refractivity contribution in [3.63, 3.8) is 0 Å². The van der Waals surface area contributed by atoms with Gasteiger partial charge in [0.2, 0.25) is 0 Å². The molecular weight excluding hydrogens is 174 g/mol. The van der Waals surface area contributed by atoms with Crippen LogP contribution in [-0.4, -0.2) is 11.8 Å². The fourth-order valence-corrected chi connectivity index (χ4v) is 2.51. The first-order chi connectivity index (χ1) is 6.69. The monoisotopic (exact) mass is 197 g/mol. The Kier molecular flexibility index (Phi) is 4.59. The molecule has 0 aromatic rings. The van der Waals surface area contributed by atoms with E-state index in [0.717, 1.165) is 31.6 Å². The third-order valence-electron chi connectivity index (χ3n) is 3.48. The zero-order valence-corrected chi connectivity index (χ0v) is 9.46. The van der Waals surface area contributed by atoms with Crippen LogP contribution in [0, 0.1) is 11.8 Å². The van der Waals surface area contributed by atoms with Gasteiger partial charge in [0.05, 0.1) is 0 Å². The second-order valence-electron chi connectivity index (χ2n) is 4.57. The third-order valence-corrected chi connectivity index (χ3v) is 3.48. The summed E-state index contributed by atoms with van der Waals surface area (Å²) in [6, 6.07) is 0.0992. The van der Waals surface area contributed by atoms with Gasteiger partial charge in [-0.2, -0.15) is 0 Å². The van der Waals surface area contributed by atoms with Crippen molar-refractivity contribution in [2.24, 2.45) is 17.6 Å². The average molecular weight is 197 g/mol. The topological polar surface area (TPSA) is 43.1 Å². The minimum absolute atomic E-state index is 0.0992. The molecule has 1 rings (SSSR count). The van der Waals surface area contributed by atoms with Gasteiger partial charge in [-0.05, 0) is 25.2 Å². The predicted molar refractivity (Wildman–Crippen MR) is 59.0 cm³/mol. The summed E-state index contributed by atoms with van der Waals surface area (Å²) in [7, 11) is 0. The number of hydrogen-bond acceptors (Lipinski definition) is 2. The zero-order valence-electron chi connectivity index (χ0n) is 9.46. The lowest BCUT2D eigenvalue weighted by Gasteiger charge is -2.31. The zero-order chi connectivity index (χ0) is 10.6. The highest BCUT2D eigenvalue weighted by molar-refractivity contribution is 5.82. The molecule has 0 amide bonds. The molecule has 0 aromatic carbocycles. The third kappa shape index (κ3) is 2.81. The van der Waals surface area contributed by atoms with E-state index in [2.05, 4.69) is 13.8 Å². The molecule has 0 bridgehead atoms. The Morgan fingerprint density at radius 1 is 1.50 bits per heavy atom. The van der Waals surface area contributed by atoms with E-state index in [1.165, 1.54) is 12.8 Å². The molecule has 2 heteroatoms. The SMILES string of the molecule is CCCC1CCC(=O)C(C(N)CC)C1. The number of Topliss-reactive ketones (excluding diaryl/α,β-unsaturated/α-hetero) is 1. The molecule has 3 atom stereocenters. The van der Waals surface area contributed by atoms with Crippen LogP contribution in [-0.2, 0) is 4.79 Å². The van der Waals surface area contributed by atoms with Crippen molar-refractivity contribution in [1.29, 1.82) is 0 Å². The van der Waals surface area contributed by atoms with Crippen molar-refractivity contribution in [1.82, 2.24) is 0 Å². The van der Waals surface area contributed by atoms with Gasteiger partial charge in [0, 0.05) is 18.4 Å². The molecule has 1 saturated carbocycles. The summed E-state index contributed by atoms with van der Waals surface area (Å²) in [6.45, 7) is 4.28. The van der Waals surface area contributed by atoms with E-state index in [1.54, 1.807) is 0 Å². The maximum Gasteiger partial charge on any atom is 0.137 e. The van der Waals surface area contributed by atoms with Crippen molar-refractivity contribution in [2.45, 2.75) is 58.4 Å². The molecule has 0 spiro atoms. The molecule has 3 unspecified atom stereocenters. The Balaban J connectivity index is 2.50. The van der Waals surface area contributed by atoms with Gasteiger partial charge >= 0.3 is 0 Å². The number of carbonyl (C=O) groups is 1. The summed E-state index contributed by atoms with van der Waals surface area (Å²) < 4.78 is 0. The lowest BCUT2D eigenvalue weighted by molar-refractivity contribution is -0.126. The van der Waals surface area contributed by atoms with Crippen LogP contribution in [0.4, 0.5) is 0 Å². The minimum atomic E-state index is 0.0992. The molecule has 0 saturated heterocycles. The molecule has 0 aliphatic heterocycles. The minimum Gasteiger partial charge on any atom is -0.327 e. The Morgan fingerprint density at radius 2 is 2.21 bits per heavy atom. The van der Waals surface area contributed by atoms with Gasteiger partial charge in [-0.15, -0.1) is 0 Å². The maximum absolute atomic E-state index is 11.7. The number of rotatable bonds is 4. The molecule has 0 heterocycles. The van der Waals surface area contributed by atoms with E-state index in [0.29, 0.717) is 5.78 Å². The second-order valence-corrected chi connectivity index (χ2v) is 4.57. The first kappa shape index (κ1) is 11.7. The van der Waals surface area contributed by atoms with E-state index in [-0.39, 0.29) is 12.0 Å². The van der Waals surface area contributed by atoms with Crippen molar-refractivity contribution in [3.8, 4) is 0 Å². The fraction of sp³-hybridized carbons (Fsp3) is 0.917. The van der Waals surface area contributed by atoms with E-state index in [9.17, 15) is 4.79 Å². The smallest absolute Gasteiger partial charge is 0.137 e. The van der Waals surface area contributed by atoms with Gasteiger partial charge < -0.3 is 5.73 Å². The van der Waals surface area contributed by atoms with Crippen LogP contribution in [0.2, 0.25) is 0 Å². The van der Waals surface area contributed by atoms with Gasteiger partial charge in [0.1, 0.15) is 5.78 Å². The summed E-state index contributed by atoms with van der Waals surface area (Å²) in [5.41, 5.74) is 5.98. The lowest BCUT2D eigenvalue weighted by atomic mass is 9.75. The van der Waals surface area contributed by atoms with Crippen LogP contribution in [0.5, 0.6) is 0 Å². The molecular formula is C12H23NO. The van der Waals surface area contributed by atoms with Crippen molar-refractivity contribution in [2.75, 3.05) is 0 Å². The van der Waals surface area contributed by atoms with Crippen LogP contribution < -0.4 is 5.73 Å². The summed E-state index contributed by atoms with van der Waals surface area (Å²) in [5, 5.41) is 0. The van der Waals surface area contributed by atoms with E-state index in [4.69, 9.17) is 5.73 Å². The van der Waals surface area contributed by atoms with E-state index >= 15 is 0 Å². The summed E-state index contributed by atoms with van der Waals surface area (Å²) in [6.07, 6.45) is 6.33. The van der Waals surface area contributed by atoms with Crippen LogP contribution in [0.3, 0.4) is 0 Å². The highest BCUT2D eigenvalue weighted by atomic mass is 16.1. The predicted octanol–water partition coefficient (Wildman–Crippen LogP) is 2.51. The van der Waals surface area contributed by atoms with Gasteiger partial charge in [0.15, 0.2) is 0 Å². The Labute approximate surface area is 87.2 Å². The molecule has 0 radical (unpaired) electrons. The Bertz CT molecular complexity index is 191. The van der Waals surface area contributed by atoms with Crippen LogP contribution in [0.1, 0.15) is 52.4 Å². The van der Waals surface area contributed by atoms with Crippen molar-refractivity contribution in [3.05, 3.63) is 0 Å². The molecule has 1 fully saturated rings. The first-order valence-corrected chi connectivity index (χ1v) is 5.97. The van der Waals surface area contributed by atoms with Crippen LogP contribution in [0.25, 0.3) is 0 Å². The number of hydrogen-bond donors (Lipinski definition) is 1. The lowest BCUT2D eigenvalue weighted by Crippen LogP contribution is -2.39. The molecule has 2 N–H and O–H groups in total. The highest BCUT2D eigenvalue weighted by Crippen LogP contribution is 2.31. The largest absolute Gasteiger partial charge is 0.327 e. The standard InChI is InChI=1S/C12H23NO/c1-3-5-9-6-7-12(14)10(8-9)11(13)4-2/h9-11H,3-8,13H2,1-2H3. The fourth-order valence-electron chi connectivity index (χ4n) is 2.51. The van der Waals surface area contributed by atoms with Gasteiger partial charge in [0.25, 0.3) is 0 Å². The Hall–Kier alpha value is -0.370. The van der Waals surface area contributed by atoms with Gasteiger partial charge in [-0.1, -0.05) is 26.7 Å². The molecule has 14 heavy (non-hydrogen) atoms. The molecule has 1 aliphatic carbocycles. The van der Waals surface area contributed by atoms with E-state index in [1.807, 2.05) is 0 Å². The van der Waals surface area contributed by atoms with Crippen LogP contribution in [0.15, 0.2) is 0 Å². The summed E-state index contributed by atoms with van der Waals surface area (Å²) in [4.78, 5) is 11.7. The number of nitrogens with two attached hydrogens (primary N) is 1. The molecule has 82 valence electrons. The van der Waals surface area contributed by atoms with Gasteiger partial charge in [-0.3, -0.25) is 4.79 Å². The average Bonchev–Trinajstić information content (AvgIpc) is 2.20. The number of ketones is 1. The highest BCUT2D eigenvalue weighted by Gasteiger charge is 2.31. The normalized spacial score (nSPS) is 30.4. The van der Waals surface area contributed by atoms with E-state index < -0.39 is 0 Å². The quantitative estimate of drug-likeness (QED) is 0.752. The first-order valence-electron chi connectivity index (χ1n) is 5.97. The molecule has 1 aliphatic rings. The second kappa shape index (κ2) is 5.50. The van der Waals surface area contributed by atoms with Gasteiger partial charge in [-0.25, -0.2) is 0 Å². The maximum atomic E-state index is 11.7.